The molecule has 0 spiro atoms. The molecule has 0 radical (unpaired) electrons. The second-order valence-electron chi connectivity index (χ2n) is 5.51. The molecule has 0 saturated carbocycles. The van der Waals surface area contributed by atoms with E-state index in [2.05, 4.69) is 61.6 Å². The van der Waals surface area contributed by atoms with E-state index in [1.54, 1.807) is 0 Å². The van der Waals surface area contributed by atoms with E-state index in [-0.39, 0.29) is 0 Å². The summed E-state index contributed by atoms with van der Waals surface area (Å²) in [5.74, 6) is 0. The van der Waals surface area contributed by atoms with Crippen molar-refractivity contribution in [3.63, 3.8) is 0 Å². The molecule has 1 nitrogen and oxygen atoms in total. The number of nitrogens with one attached hydrogen (secondary N) is 1. The van der Waals surface area contributed by atoms with E-state index in [1.807, 2.05) is 7.05 Å². The van der Waals surface area contributed by atoms with Crippen LogP contribution in [0.2, 0.25) is 0 Å². The summed E-state index contributed by atoms with van der Waals surface area (Å²) in [6.45, 7) is 5.66. The molecule has 0 amide bonds. The number of benzene rings is 2. The van der Waals surface area contributed by atoms with Crippen LogP contribution in [-0.4, -0.2) is 13.6 Å². The minimum absolute atomic E-state index is 0.291. The molecule has 1 N–H and O–H groups in total. The Hall–Kier alpha value is -1.34. The molecule has 0 unspecified atom stereocenters. The zero-order valence-electron chi connectivity index (χ0n) is 11.0. The van der Waals surface area contributed by atoms with Gasteiger partial charge in [-0.1, -0.05) is 56.3 Å². The van der Waals surface area contributed by atoms with Crippen molar-refractivity contribution in [1.29, 1.82) is 0 Å². The van der Waals surface area contributed by atoms with Crippen LogP contribution in [0, 0.1) is 5.41 Å². The summed E-state index contributed by atoms with van der Waals surface area (Å²) >= 11 is 0. The van der Waals surface area contributed by atoms with Gasteiger partial charge in [0.1, 0.15) is 0 Å². The molecule has 0 fully saturated rings. The first-order valence-electron chi connectivity index (χ1n) is 6.24. The van der Waals surface area contributed by atoms with Gasteiger partial charge in [0.25, 0.3) is 0 Å². The Labute approximate surface area is 104 Å². The van der Waals surface area contributed by atoms with Crippen LogP contribution in [0.4, 0.5) is 0 Å². The molecule has 0 bridgehead atoms. The SMILES string of the molecule is CNCC(C)(C)Cc1cccc2ccccc12. The third-order valence-electron chi connectivity index (χ3n) is 3.20. The molecule has 0 aliphatic rings. The topological polar surface area (TPSA) is 12.0 Å². The van der Waals surface area contributed by atoms with Crippen LogP contribution in [0.3, 0.4) is 0 Å². The zero-order chi connectivity index (χ0) is 12.3. The van der Waals surface area contributed by atoms with Crippen molar-refractivity contribution >= 4 is 10.8 Å². The quantitative estimate of drug-likeness (QED) is 0.841. The molecule has 2 aromatic rings. The highest BCUT2D eigenvalue weighted by Crippen LogP contribution is 2.26. The Morgan fingerprint density at radius 3 is 2.47 bits per heavy atom. The molecule has 1 heteroatoms. The number of fused-ring (bicyclic) bond motifs is 1. The van der Waals surface area contributed by atoms with E-state index < -0.39 is 0 Å². The molecule has 0 aliphatic heterocycles. The van der Waals surface area contributed by atoms with E-state index in [0.717, 1.165) is 13.0 Å². The van der Waals surface area contributed by atoms with Crippen LogP contribution in [0.15, 0.2) is 42.5 Å². The molecule has 0 heterocycles. The largest absolute Gasteiger partial charge is 0.319 e. The average Bonchev–Trinajstić information content (AvgIpc) is 2.29. The summed E-state index contributed by atoms with van der Waals surface area (Å²) < 4.78 is 0. The fraction of sp³-hybridized carbons (Fsp3) is 0.375. The van der Waals surface area contributed by atoms with Gasteiger partial charge in [0.15, 0.2) is 0 Å². The van der Waals surface area contributed by atoms with Gasteiger partial charge in [0.2, 0.25) is 0 Å². The predicted octanol–water partition coefficient (Wildman–Crippen LogP) is 3.63. The van der Waals surface area contributed by atoms with Gasteiger partial charge in [-0.15, -0.1) is 0 Å². The van der Waals surface area contributed by atoms with Crippen molar-refractivity contribution in [2.75, 3.05) is 13.6 Å². The fourth-order valence-electron chi connectivity index (χ4n) is 2.50. The summed E-state index contributed by atoms with van der Waals surface area (Å²) in [6, 6.07) is 15.2. The summed E-state index contributed by atoms with van der Waals surface area (Å²) in [5, 5.41) is 6.00. The minimum atomic E-state index is 0.291. The van der Waals surface area contributed by atoms with Crippen molar-refractivity contribution in [2.45, 2.75) is 20.3 Å². The maximum atomic E-state index is 3.28. The summed E-state index contributed by atoms with van der Waals surface area (Å²) in [5.41, 5.74) is 1.74. The maximum Gasteiger partial charge on any atom is 0.000270 e. The molecular weight excluding hydrogens is 206 g/mol. The Bertz CT molecular complexity index is 494. The van der Waals surface area contributed by atoms with Gasteiger partial charge >= 0.3 is 0 Å². The lowest BCUT2D eigenvalue weighted by Gasteiger charge is -2.25. The first-order valence-corrected chi connectivity index (χ1v) is 6.24. The van der Waals surface area contributed by atoms with E-state index in [1.165, 1.54) is 16.3 Å². The maximum absolute atomic E-state index is 3.28. The molecule has 0 aliphatic carbocycles. The fourth-order valence-corrected chi connectivity index (χ4v) is 2.50. The van der Waals surface area contributed by atoms with Gasteiger partial charge in [-0.05, 0) is 35.2 Å². The Morgan fingerprint density at radius 1 is 1.00 bits per heavy atom. The van der Waals surface area contributed by atoms with E-state index in [4.69, 9.17) is 0 Å². The molecule has 90 valence electrons. The molecule has 17 heavy (non-hydrogen) atoms. The smallest absolute Gasteiger partial charge is 0.000270 e. The highest BCUT2D eigenvalue weighted by molar-refractivity contribution is 5.85. The lowest BCUT2D eigenvalue weighted by Crippen LogP contribution is -2.28. The third kappa shape index (κ3) is 2.86. The lowest BCUT2D eigenvalue weighted by atomic mass is 9.84. The number of hydrogen-bond acceptors (Lipinski definition) is 1. The summed E-state index contributed by atoms with van der Waals surface area (Å²) in [4.78, 5) is 0. The predicted molar refractivity (Wildman–Crippen MR) is 75.4 cm³/mol. The first kappa shape index (κ1) is 12.1. The Kier molecular flexibility index (Phi) is 3.49. The number of rotatable bonds is 4. The number of hydrogen-bond donors (Lipinski definition) is 1. The van der Waals surface area contributed by atoms with E-state index in [9.17, 15) is 0 Å². The summed E-state index contributed by atoms with van der Waals surface area (Å²) in [6.07, 6.45) is 1.11. The lowest BCUT2D eigenvalue weighted by molar-refractivity contribution is 0.351. The van der Waals surface area contributed by atoms with Crippen LogP contribution >= 0.6 is 0 Å². The van der Waals surface area contributed by atoms with Crippen molar-refractivity contribution in [3.05, 3.63) is 48.0 Å². The first-order chi connectivity index (χ1) is 8.12. The third-order valence-corrected chi connectivity index (χ3v) is 3.20. The van der Waals surface area contributed by atoms with Gasteiger partial charge in [-0.25, -0.2) is 0 Å². The van der Waals surface area contributed by atoms with E-state index in [0.29, 0.717) is 5.41 Å². The van der Waals surface area contributed by atoms with Crippen molar-refractivity contribution < 1.29 is 0 Å². The standard InChI is InChI=1S/C16H21N/c1-16(2,12-17-3)11-14-9-6-8-13-7-4-5-10-15(13)14/h4-10,17H,11-12H2,1-3H3. The molecule has 0 saturated heterocycles. The van der Waals surface area contributed by atoms with Gasteiger partial charge in [-0.3, -0.25) is 0 Å². The van der Waals surface area contributed by atoms with Crippen LogP contribution in [0.25, 0.3) is 10.8 Å². The molecule has 0 atom stereocenters. The van der Waals surface area contributed by atoms with Gasteiger partial charge < -0.3 is 5.32 Å². The molecular formula is C16H21N. The highest BCUT2D eigenvalue weighted by atomic mass is 14.8. The van der Waals surface area contributed by atoms with Crippen LogP contribution < -0.4 is 5.32 Å². The van der Waals surface area contributed by atoms with Gasteiger partial charge in [-0.2, -0.15) is 0 Å². The summed E-state index contributed by atoms with van der Waals surface area (Å²) in [7, 11) is 2.02. The Morgan fingerprint density at radius 2 is 1.71 bits per heavy atom. The second kappa shape index (κ2) is 4.89. The second-order valence-corrected chi connectivity index (χ2v) is 5.51. The monoisotopic (exact) mass is 227 g/mol. The van der Waals surface area contributed by atoms with Gasteiger partial charge in [0, 0.05) is 6.54 Å². The highest BCUT2D eigenvalue weighted by Gasteiger charge is 2.18. The Balaban J connectivity index is 2.36. The zero-order valence-corrected chi connectivity index (χ0v) is 11.0. The molecule has 0 aromatic heterocycles. The molecule has 2 aromatic carbocycles. The van der Waals surface area contributed by atoms with Crippen molar-refractivity contribution in [3.8, 4) is 0 Å². The van der Waals surface area contributed by atoms with Gasteiger partial charge in [0.05, 0.1) is 0 Å². The van der Waals surface area contributed by atoms with Crippen LogP contribution in [-0.2, 0) is 6.42 Å². The minimum Gasteiger partial charge on any atom is -0.319 e. The van der Waals surface area contributed by atoms with Crippen LogP contribution in [0.5, 0.6) is 0 Å². The van der Waals surface area contributed by atoms with Crippen molar-refractivity contribution in [1.82, 2.24) is 5.32 Å². The average molecular weight is 227 g/mol. The van der Waals surface area contributed by atoms with E-state index >= 15 is 0 Å². The van der Waals surface area contributed by atoms with Crippen molar-refractivity contribution in [2.24, 2.45) is 5.41 Å². The normalized spacial score (nSPS) is 11.9. The molecule has 2 rings (SSSR count). The van der Waals surface area contributed by atoms with Crippen LogP contribution in [0.1, 0.15) is 19.4 Å².